The summed E-state index contributed by atoms with van der Waals surface area (Å²) in [6, 6.07) is 21.6. The standard InChI is InChI=1S/C27H23FN2O4/c1-2-33-26(31)23(17-11-12-18(14-29)25(28)13-17)15-30-27(32)34-16-24-21-9-5-3-7-19(21)20-8-4-6-10-22(20)24/h3-13,23-24H,2,15-16H2,1H3,(H,30,32). The van der Waals surface area contributed by atoms with Crippen molar-refractivity contribution in [3.8, 4) is 17.2 Å². The van der Waals surface area contributed by atoms with Crippen LogP contribution >= 0.6 is 0 Å². The number of hydrogen-bond acceptors (Lipinski definition) is 5. The van der Waals surface area contributed by atoms with Crippen molar-refractivity contribution in [1.29, 1.82) is 5.26 Å². The molecule has 6 nitrogen and oxygen atoms in total. The highest BCUT2D eigenvalue weighted by Crippen LogP contribution is 2.44. The van der Waals surface area contributed by atoms with E-state index in [-0.39, 0.29) is 31.2 Å². The largest absolute Gasteiger partial charge is 0.465 e. The number of amides is 1. The van der Waals surface area contributed by atoms with Gasteiger partial charge in [-0.3, -0.25) is 4.79 Å². The molecule has 0 fully saturated rings. The molecule has 0 spiro atoms. The van der Waals surface area contributed by atoms with Gasteiger partial charge in [0.15, 0.2) is 0 Å². The molecule has 3 aromatic carbocycles. The Morgan fingerprint density at radius 2 is 1.68 bits per heavy atom. The zero-order chi connectivity index (χ0) is 24.1. The minimum absolute atomic E-state index is 0.0911. The maximum Gasteiger partial charge on any atom is 0.407 e. The van der Waals surface area contributed by atoms with E-state index in [2.05, 4.69) is 17.4 Å². The van der Waals surface area contributed by atoms with Crippen LogP contribution in [0.5, 0.6) is 0 Å². The zero-order valence-electron chi connectivity index (χ0n) is 18.6. The third-order valence-electron chi connectivity index (χ3n) is 5.88. The second kappa shape index (κ2) is 10.2. The van der Waals surface area contributed by atoms with Gasteiger partial charge in [0.05, 0.1) is 18.1 Å². The third-order valence-corrected chi connectivity index (χ3v) is 5.88. The van der Waals surface area contributed by atoms with E-state index in [1.54, 1.807) is 13.0 Å². The summed E-state index contributed by atoms with van der Waals surface area (Å²) in [7, 11) is 0. The van der Waals surface area contributed by atoms with Crippen LogP contribution in [0, 0.1) is 17.1 Å². The Kier molecular flexibility index (Phi) is 6.88. The first-order valence-corrected chi connectivity index (χ1v) is 11.0. The number of alkyl carbamates (subject to hydrolysis) is 1. The molecule has 0 aliphatic heterocycles. The van der Waals surface area contributed by atoms with E-state index in [0.29, 0.717) is 5.56 Å². The van der Waals surface area contributed by atoms with Crippen LogP contribution in [0.4, 0.5) is 9.18 Å². The van der Waals surface area contributed by atoms with Gasteiger partial charge in [0.2, 0.25) is 0 Å². The SMILES string of the molecule is CCOC(=O)C(CNC(=O)OCC1c2ccccc2-c2ccccc21)c1ccc(C#N)c(F)c1. The molecule has 0 heterocycles. The first-order chi connectivity index (χ1) is 16.5. The molecule has 1 atom stereocenters. The normalized spacial score (nSPS) is 12.7. The smallest absolute Gasteiger partial charge is 0.407 e. The van der Waals surface area contributed by atoms with Gasteiger partial charge < -0.3 is 14.8 Å². The number of ether oxygens (including phenoxy) is 2. The fourth-order valence-corrected chi connectivity index (χ4v) is 4.25. The van der Waals surface area contributed by atoms with Crippen molar-refractivity contribution in [2.45, 2.75) is 18.8 Å². The number of nitriles is 1. The summed E-state index contributed by atoms with van der Waals surface area (Å²) in [6.45, 7) is 1.79. The van der Waals surface area contributed by atoms with E-state index >= 15 is 0 Å². The van der Waals surface area contributed by atoms with Crippen LogP contribution < -0.4 is 5.32 Å². The Balaban J connectivity index is 1.43. The molecule has 172 valence electrons. The van der Waals surface area contributed by atoms with Gasteiger partial charge in [0.25, 0.3) is 0 Å². The molecule has 34 heavy (non-hydrogen) atoms. The molecular weight excluding hydrogens is 435 g/mol. The second-order valence-electron chi connectivity index (χ2n) is 7.86. The number of nitrogens with one attached hydrogen (secondary N) is 1. The number of benzene rings is 3. The molecule has 1 N–H and O–H groups in total. The molecule has 1 aliphatic carbocycles. The van der Waals surface area contributed by atoms with Crippen LogP contribution in [0.15, 0.2) is 66.7 Å². The van der Waals surface area contributed by atoms with Crippen LogP contribution in [0.2, 0.25) is 0 Å². The molecular formula is C27H23FN2O4. The molecule has 7 heteroatoms. The highest BCUT2D eigenvalue weighted by molar-refractivity contribution is 5.80. The second-order valence-corrected chi connectivity index (χ2v) is 7.86. The topological polar surface area (TPSA) is 88.4 Å². The lowest BCUT2D eigenvalue weighted by Crippen LogP contribution is -2.33. The highest BCUT2D eigenvalue weighted by atomic mass is 19.1. The molecule has 0 aromatic heterocycles. The van der Waals surface area contributed by atoms with Gasteiger partial charge in [-0.05, 0) is 46.9 Å². The summed E-state index contributed by atoms with van der Waals surface area (Å²) in [5.41, 5.74) is 4.60. The van der Waals surface area contributed by atoms with Gasteiger partial charge in [0, 0.05) is 12.5 Å². The van der Waals surface area contributed by atoms with Crippen LogP contribution in [0.3, 0.4) is 0 Å². The van der Waals surface area contributed by atoms with Crippen molar-refractivity contribution in [2.24, 2.45) is 0 Å². The number of carbonyl (C=O) groups excluding carboxylic acids is 2. The number of carbonyl (C=O) groups is 2. The van der Waals surface area contributed by atoms with E-state index in [1.165, 1.54) is 12.1 Å². The van der Waals surface area contributed by atoms with E-state index < -0.39 is 23.8 Å². The Bertz CT molecular complexity index is 1220. The first kappa shape index (κ1) is 23.0. The number of esters is 1. The Morgan fingerprint density at radius 1 is 1.03 bits per heavy atom. The number of nitrogens with zero attached hydrogens (tertiary/aromatic N) is 1. The Hall–Kier alpha value is -4.18. The minimum atomic E-state index is -0.942. The summed E-state index contributed by atoms with van der Waals surface area (Å²) >= 11 is 0. The third kappa shape index (κ3) is 4.62. The average molecular weight is 458 g/mol. The molecule has 0 radical (unpaired) electrons. The van der Waals surface area contributed by atoms with Gasteiger partial charge in [-0.1, -0.05) is 54.6 Å². The van der Waals surface area contributed by atoms with Gasteiger partial charge in [-0.15, -0.1) is 0 Å². The zero-order valence-corrected chi connectivity index (χ0v) is 18.6. The van der Waals surface area contributed by atoms with E-state index in [9.17, 15) is 14.0 Å². The molecule has 0 bridgehead atoms. The number of rotatable bonds is 7. The first-order valence-electron chi connectivity index (χ1n) is 11.0. The molecule has 1 unspecified atom stereocenters. The number of fused-ring (bicyclic) bond motifs is 3. The minimum Gasteiger partial charge on any atom is -0.465 e. The van der Waals surface area contributed by atoms with Gasteiger partial charge in [-0.2, -0.15) is 5.26 Å². The van der Waals surface area contributed by atoms with Gasteiger partial charge in [-0.25, -0.2) is 9.18 Å². The van der Waals surface area contributed by atoms with E-state index in [0.717, 1.165) is 28.3 Å². The van der Waals surface area contributed by atoms with Crippen molar-refractivity contribution in [3.05, 3.63) is 94.8 Å². The van der Waals surface area contributed by atoms with Crippen molar-refractivity contribution in [2.75, 3.05) is 19.8 Å². The maximum absolute atomic E-state index is 14.1. The summed E-state index contributed by atoms with van der Waals surface area (Å²) in [6.07, 6.45) is -0.690. The predicted molar refractivity (Wildman–Crippen MR) is 124 cm³/mol. The Labute approximate surface area is 196 Å². The van der Waals surface area contributed by atoms with Gasteiger partial charge >= 0.3 is 12.1 Å². The summed E-state index contributed by atoms with van der Waals surface area (Å²) < 4.78 is 24.7. The van der Waals surface area contributed by atoms with Crippen molar-refractivity contribution in [3.63, 3.8) is 0 Å². The van der Waals surface area contributed by atoms with Gasteiger partial charge in [0.1, 0.15) is 18.5 Å². The quantitative estimate of drug-likeness (QED) is 0.510. The van der Waals surface area contributed by atoms with E-state index in [1.807, 2.05) is 36.4 Å². The molecule has 1 aliphatic rings. The van der Waals surface area contributed by atoms with Crippen LogP contribution in [0.25, 0.3) is 11.1 Å². The lowest BCUT2D eigenvalue weighted by molar-refractivity contribution is -0.144. The number of halogens is 1. The van der Waals surface area contributed by atoms with Crippen LogP contribution in [0.1, 0.15) is 41.0 Å². The fraction of sp³-hybridized carbons (Fsp3) is 0.222. The lowest BCUT2D eigenvalue weighted by Gasteiger charge is -2.18. The summed E-state index contributed by atoms with van der Waals surface area (Å²) in [5, 5.41) is 11.5. The van der Waals surface area contributed by atoms with Crippen LogP contribution in [-0.4, -0.2) is 31.8 Å². The summed E-state index contributed by atoms with van der Waals surface area (Å²) in [4.78, 5) is 25.0. The monoisotopic (exact) mass is 458 g/mol. The Morgan fingerprint density at radius 3 is 2.26 bits per heavy atom. The van der Waals surface area contributed by atoms with Crippen molar-refractivity contribution >= 4 is 12.1 Å². The van der Waals surface area contributed by atoms with Crippen molar-refractivity contribution < 1.29 is 23.5 Å². The lowest BCUT2D eigenvalue weighted by atomic mass is 9.97. The average Bonchev–Trinajstić information content (AvgIpc) is 3.17. The molecule has 4 rings (SSSR count). The van der Waals surface area contributed by atoms with E-state index in [4.69, 9.17) is 14.7 Å². The van der Waals surface area contributed by atoms with Crippen LogP contribution in [-0.2, 0) is 14.3 Å². The summed E-state index contributed by atoms with van der Waals surface area (Å²) in [5.74, 6) is -2.38. The van der Waals surface area contributed by atoms with Crippen molar-refractivity contribution in [1.82, 2.24) is 5.32 Å². The predicted octanol–water partition coefficient (Wildman–Crippen LogP) is 4.88. The molecule has 1 amide bonds. The maximum atomic E-state index is 14.1. The molecule has 0 saturated heterocycles. The molecule has 3 aromatic rings. The highest BCUT2D eigenvalue weighted by Gasteiger charge is 2.29. The fourth-order valence-electron chi connectivity index (χ4n) is 4.25. The molecule has 0 saturated carbocycles. The number of hydrogen-bond donors (Lipinski definition) is 1.